The molecule has 0 amide bonds. The average Bonchev–Trinajstić information content (AvgIpc) is 2.71. The van der Waals surface area contributed by atoms with Gasteiger partial charge in [0, 0.05) is 31.3 Å². The lowest BCUT2D eigenvalue weighted by molar-refractivity contribution is 0.184. The summed E-state index contributed by atoms with van der Waals surface area (Å²) < 4.78 is 7.31. The molecule has 2 rings (SSSR count). The number of rotatable bonds is 6. The molecule has 114 valence electrons. The summed E-state index contributed by atoms with van der Waals surface area (Å²) in [6, 6.07) is 1.71. The van der Waals surface area contributed by atoms with Crippen LogP contribution in [0.2, 0.25) is 10.0 Å². The van der Waals surface area contributed by atoms with E-state index in [1.54, 1.807) is 31.1 Å². The Hall–Kier alpha value is -0.750. The van der Waals surface area contributed by atoms with Gasteiger partial charge in [0.15, 0.2) is 5.16 Å². The Kier molecular flexibility index (Phi) is 5.93. The van der Waals surface area contributed by atoms with Gasteiger partial charge in [0.05, 0.1) is 28.0 Å². The monoisotopic (exact) mass is 345 g/mol. The minimum Gasteiger partial charge on any atom is -0.383 e. The maximum absolute atomic E-state index is 6.15. The summed E-state index contributed by atoms with van der Waals surface area (Å²) in [6.07, 6.45) is 1.61. The summed E-state index contributed by atoms with van der Waals surface area (Å²) in [5.74, 6) is 0.652. The fourth-order valence-corrected chi connectivity index (χ4v) is 3.47. The highest BCUT2D eigenvalue weighted by molar-refractivity contribution is 7.98. The van der Waals surface area contributed by atoms with Crippen LogP contribution in [0.4, 0.5) is 0 Å². The quantitative estimate of drug-likeness (QED) is 0.737. The molecular weight excluding hydrogens is 329 g/mol. The van der Waals surface area contributed by atoms with Crippen LogP contribution in [0.25, 0.3) is 0 Å². The standard InChI is InChI=1S/C14H17Cl2N3OS/c1-9-10(2)19(4-5-20-3)14(18-9)21-8-13-12(16)6-11(15)7-17-13/h6-7H,4-5,8H2,1-3H3. The summed E-state index contributed by atoms with van der Waals surface area (Å²) in [7, 11) is 1.70. The van der Waals surface area contributed by atoms with E-state index in [-0.39, 0.29) is 0 Å². The van der Waals surface area contributed by atoms with Gasteiger partial charge in [-0.05, 0) is 19.9 Å². The lowest BCUT2D eigenvalue weighted by atomic mass is 10.4. The number of imidazole rings is 1. The van der Waals surface area contributed by atoms with Gasteiger partial charge < -0.3 is 9.30 Å². The van der Waals surface area contributed by atoms with Crippen molar-refractivity contribution in [1.82, 2.24) is 14.5 Å². The number of halogens is 2. The highest BCUT2D eigenvalue weighted by atomic mass is 35.5. The third-order valence-electron chi connectivity index (χ3n) is 3.16. The van der Waals surface area contributed by atoms with E-state index >= 15 is 0 Å². The van der Waals surface area contributed by atoms with Crippen LogP contribution in [-0.4, -0.2) is 28.3 Å². The maximum Gasteiger partial charge on any atom is 0.168 e. The van der Waals surface area contributed by atoms with Crippen molar-refractivity contribution in [1.29, 1.82) is 0 Å². The molecule has 2 aromatic heterocycles. The summed E-state index contributed by atoms with van der Waals surface area (Å²) in [5.41, 5.74) is 3.00. The smallest absolute Gasteiger partial charge is 0.168 e. The van der Waals surface area contributed by atoms with Crippen LogP contribution in [-0.2, 0) is 17.0 Å². The van der Waals surface area contributed by atoms with Gasteiger partial charge in [-0.3, -0.25) is 4.98 Å². The molecule has 0 spiro atoms. The highest BCUT2D eigenvalue weighted by Crippen LogP contribution is 2.27. The van der Waals surface area contributed by atoms with E-state index in [9.17, 15) is 0 Å². The summed E-state index contributed by atoms with van der Waals surface area (Å²) >= 11 is 13.6. The predicted molar refractivity (Wildman–Crippen MR) is 87.4 cm³/mol. The lowest BCUT2D eigenvalue weighted by Gasteiger charge is -2.09. The fourth-order valence-electron chi connectivity index (χ4n) is 1.86. The van der Waals surface area contributed by atoms with E-state index in [2.05, 4.69) is 21.5 Å². The Morgan fingerprint density at radius 3 is 2.76 bits per heavy atom. The molecule has 0 bridgehead atoms. The number of nitrogens with zero attached hydrogens (tertiary/aromatic N) is 3. The first-order chi connectivity index (χ1) is 10.0. The minimum absolute atomic E-state index is 0.544. The summed E-state index contributed by atoms with van der Waals surface area (Å²) in [4.78, 5) is 8.87. The maximum atomic E-state index is 6.15. The van der Waals surface area contributed by atoms with Gasteiger partial charge in [0.25, 0.3) is 0 Å². The number of ether oxygens (including phenoxy) is 1. The van der Waals surface area contributed by atoms with Crippen molar-refractivity contribution < 1.29 is 4.74 Å². The first-order valence-corrected chi connectivity index (χ1v) is 8.22. The minimum atomic E-state index is 0.544. The van der Waals surface area contributed by atoms with Crippen LogP contribution < -0.4 is 0 Å². The van der Waals surface area contributed by atoms with E-state index in [0.29, 0.717) is 22.4 Å². The molecule has 7 heteroatoms. The lowest BCUT2D eigenvalue weighted by Crippen LogP contribution is -2.07. The van der Waals surface area contributed by atoms with E-state index in [0.717, 1.165) is 28.8 Å². The van der Waals surface area contributed by atoms with Gasteiger partial charge in [-0.15, -0.1) is 0 Å². The summed E-state index contributed by atoms with van der Waals surface area (Å²) in [6.45, 7) is 5.52. The second kappa shape index (κ2) is 7.49. The van der Waals surface area contributed by atoms with E-state index in [1.807, 2.05) is 6.92 Å². The van der Waals surface area contributed by atoms with Crippen molar-refractivity contribution in [3.63, 3.8) is 0 Å². The molecule has 2 aromatic rings. The molecule has 0 aliphatic rings. The molecule has 0 radical (unpaired) electrons. The highest BCUT2D eigenvalue weighted by Gasteiger charge is 2.13. The third kappa shape index (κ3) is 4.13. The van der Waals surface area contributed by atoms with Crippen molar-refractivity contribution in [3.05, 3.63) is 39.4 Å². The number of hydrogen-bond acceptors (Lipinski definition) is 4. The number of aryl methyl sites for hydroxylation is 1. The third-order valence-corrected chi connectivity index (χ3v) is 4.69. The molecule has 0 aliphatic carbocycles. The van der Waals surface area contributed by atoms with Crippen molar-refractivity contribution in [2.75, 3.05) is 13.7 Å². The molecule has 2 heterocycles. The van der Waals surface area contributed by atoms with Crippen LogP contribution in [0.1, 0.15) is 17.1 Å². The number of methoxy groups -OCH3 is 1. The Labute approximate surface area is 138 Å². The van der Waals surface area contributed by atoms with Gasteiger partial charge in [0.1, 0.15) is 0 Å². The van der Waals surface area contributed by atoms with Crippen molar-refractivity contribution in [2.45, 2.75) is 31.3 Å². The Morgan fingerprint density at radius 2 is 2.10 bits per heavy atom. The zero-order chi connectivity index (χ0) is 15.4. The Balaban J connectivity index is 2.14. The second-order valence-electron chi connectivity index (χ2n) is 4.58. The molecular formula is C14H17Cl2N3OS. The predicted octanol–water partition coefficient (Wildman–Crippen LogP) is 4.14. The van der Waals surface area contributed by atoms with Gasteiger partial charge in [-0.2, -0.15) is 0 Å². The average molecular weight is 346 g/mol. The van der Waals surface area contributed by atoms with E-state index in [4.69, 9.17) is 27.9 Å². The van der Waals surface area contributed by atoms with Gasteiger partial charge in [0.2, 0.25) is 0 Å². The van der Waals surface area contributed by atoms with Crippen molar-refractivity contribution >= 4 is 35.0 Å². The molecule has 0 fully saturated rings. The first-order valence-electron chi connectivity index (χ1n) is 6.48. The number of thioether (sulfide) groups is 1. The molecule has 21 heavy (non-hydrogen) atoms. The Bertz CT molecular complexity index is 631. The zero-order valence-electron chi connectivity index (χ0n) is 12.2. The largest absolute Gasteiger partial charge is 0.383 e. The van der Waals surface area contributed by atoms with Crippen LogP contribution in [0, 0.1) is 13.8 Å². The van der Waals surface area contributed by atoms with Gasteiger partial charge in [-0.25, -0.2) is 4.98 Å². The Morgan fingerprint density at radius 1 is 1.33 bits per heavy atom. The van der Waals surface area contributed by atoms with E-state index in [1.165, 1.54) is 0 Å². The normalized spacial score (nSPS) is 11.1. The molecule has 0 N–H and O–H groups in total. The summed E-state index contributed by atoms with van der Waals surface area (Å²) in [5, 5.41) is 2.08. The van der Waals surface area contributed by atoms with E-state index < -0.39 is 0 Å². The van der Waals surface area contributed by atoms with Crippen molar-refractivity contribution in [3.8, 4) is 0 Å². The molecule has 4 nitrogen and oxygen atoms in total. The van der Waals surface area contributed by atoms with Crippen molar-refractivity contribution in [2.24, 2.45) is 0 Å². The fraction of sp³-hybridized carbons (Fsp3) is 0.429. The molecule has 0 aliphatic heterocycles. The molecule has 0 saturated carbocycles. The zero-order valence-corrected chi connectivity index (χ0v) is 14.5. The SMILES string of the molecule is COCCn1c(SCc2ncc(Cl)cc2Cl)nc(C)c1C. The van der Waals surface area contributed by atoms with Crippen LogP contribution >= 0.6 is 35.0 Å². The first kappa shape index (κ1) is 16.6. The molecule has 0 atom stereocenters. The number of hydrogen-bond donors (Lipinski definition) is 0. The van der Waals surface area contributed by atoms with Crippen LogP contribution in [0.15, 0.2) is 17.4 Å². The molecule has 0 unspecified atom stereocenters. The van der Waals surface area contributed by atoms with Crippen LogP contribution in [0.3, 0.4) is 0 Å². The molecule has 0 aromatic carbocycles. The molecule has 0 saturated heterocycles. The van der Waals surface area contributed by atoms with Gasteiger partial charge in [-0.1, -0.05) is 35.0 Å². The van der Waals surface area contributed by atoms with Crippen LogP contribution in [0.5, 0.6) is 0 Å². The number of pyridine rings is 1. The van der Waals surface area contributed by atoms with Gasteiger partial charge >= 0.3 is 0 Å². The number of aromatic nitrogens is 3. The topological polar surface area (TPSA) is 39.9 Å². The second-order valence-corrected chi connectivity index (χ2v) is 6.37.